The van der Waals surface area contributed by atoms with E-state index >= 15 is 0 Å². The highest BCUT2D eigenvalue weighted by Gasteiger charge is 2.27. The summed E-state index contributed by atoms with van der Waals surface area (Å²) in [6.45, 7) is -1.30. The zero-order valence-corrected chi connectivity index (χ0v) is 11.2. The molecule has 20 heavy (non-hydrogen) atoms. The Morgan fingerprint density at radius 3 is 2.25 bits per heavy atom. The zero-order chi connectivity index (χ0) is 14.6. The minimum Gasteiger partial charge on any atom is -0.343 e. The van der Waals surface area contributed by atoms with Crippen molar-refractivity contribution in [3.63, 3.8) is 0 Å². The number of halogens is 3. The van der Waals surface area contributed by atoms with Gasteiger partial charge >= 0.3 is 6.18 Å². The predicted octanol–water partition coefficient (Wildman–Crippen LogP) is 4.03. The number of rotatable bonds is 3. The molecule has 0 aliphatic heterocycles. The van der Waals surface area contributed by atoms with Crippen LogP contribution in [0.4, 0.5) is 13.2 Å². The Morgan fingerprint density at radius 2 is 1.70 bits per heavy atom. The summed E-state index contributed by atoms with van der Waals surface area (Å²) >= 11 is 0. The van der Waals surface area contributed by atoms with E-state index in [0.29, 0.717) is 5.92 Å². The van der Waals surface area contributed by atoms with E-state index in [1.807, 2.05) is 17.4 Å². The van der Waals surface area contributed by atoms with Crippen molar-refractivity contribution >= 4 is 5.91 Å². The van der Waals surface area contributed by atoms with Crippen LogP contribution in [0.15, 0.2) is 24.3 Å². The maximum atomic E-state index is 12.0. The second-order valence-electron chi connectivity index (χ2n) is 5.25. The molecule has 2 rings (SSSR count). The van der Waals surface area contributed by atoms with Crippen LogP contribution in [0.2, 0.25) is 0 Å². The fourth-order valence-electron chi connectivity index (χ4n) is 2.63. The van der Waals surface area contributed by atoms with Crippen molar-refractivity contribution in [2.45, 2.75) is 44.2 Å². The van der Waals surface area contributed by atoms with Crippen LogP contribution in [-0.4, -0.2) is 18.6 Å². The normalized spacial score (nSPS) is 16.9. The Kier molecular flexibility index (Phi) is 4.68. The molecule has 0 spiro atoms. The standard InChI is InChI=1S/C15H18F3NO/c16-15(17,18)10-19-14(20)13-8-6-12(7-9-13)11-4-2-1-3-5-11/h6-9,11H,1-5,10H2,(H,19,20). The van der Waals surface area contributed by atoms with E-state index in [0.717, 1.165) is 12.8 Å². The molecule has 0 radical (unpaired) electrons. The summed E-state index contributed by atoms with van der Waals surface area (Å²) in [6, 6.07) is 6.93. The quantitative estimate of drug-likeness (QED) is 0.892. The first-order valence-electron chi connectivity index (χ1n) is 6.90. The lowest BCUT2D eigenvalue weighted by Gasteiger charge is -2.22. The van der Waals surface area contributed by atoms with Crippen LogP contribution in [0.25, 0.3) is 0 Å². The lowest BCUT2D eigenvalue weighted by molar-refractivity contribution is -0.123. The number of alkyl halides is 3. The first-order chi connectivity index (χ1) is 9.46. The molecule has 0 bridgehead atoms. The summed E-state index contributed by atoms with van der Waals surface area (Å²) < 4.78 is 36.1. The molecule has 1 aromatic carbocycles. The molecule has 1 aromatic rings. The highest BCUT2D eigenvalue weighted by atomic mass is 19.4. The molecule has 2 nitrogen and oxygen atoms in total. The third-order valence-electron chi connectivity index (χ3n) is 3.70. The van der Waals surface area contributed by atoms with Crippen molar-refractivity contribution < 1.29 is 18.0 Å². The Bertz CT molecular complexity index is 447. The molecular formula is C15H18F3NO. The van der Waals surface area contributed by atoms with E-state index in [1.165, 1.54) is 24.8 Å². The third-order valence-corrected chi connectivity index (χ3v) is 3.70. The number of carbonyl (C=O) groups excluding carboxylic acids is 1. The smallest absolute Gasteiger partial charge is 0.343 e. The van der Waals surface area contributed by atoms with E-state index < -0.39 is 18.6 Å². The number of hydrogen-bond acceptors (Lipinski definition) is 1. The third kappa shape index (κ3) is 4.25. The molecule has 1 N–H and O–H groups in total. The Labute approximate surface area is 116 Å². The minimum atomic E-state index is -4.38. The fraction of sp³-hybridized carbons (Fsp3) is 0.533. The van der Waals surface area contributed by atoms with Gasteiger partial charge in [0.25, 0.3) is 5.91 Å². The van der Waals surface area contributed by atoms with Gasteiger partial charge in [0.2, 0.25) is 0 Å². The van der Waals surface area contributed by atoms with Gasteiger partial charge in [0.05, 0.1) is 0 Å². The maximum Gasteiger partial charge on any atom is 0.405 e. The van der Waals surface area contributed by atoms with E-state index in [1.54, 1.807) is 12.1 Å². The maximum absolute atomic E-state index is 12.0. The van der Waals surface area contributed by atoms with Gasteiger partial charge in [-0.2, -0.15) is 13.2 Å². The molecular weight excluding hydrogens is 267 g/mol. The topological polar surface area (TPSA) is 29.1 Å². The van der Waals surface area contributed by atoms with Gasteiger partial charge in [0.1, 0.15) is 6.54 Å². The van der Waals surface area contributed by atoms with Gasteiger partial charge in [0.15, 0.2) is 0 Å². The lowest BCUT2D eigenvalue weighted by atomic mass is 9.84. The van der Waals surface area contributed by atoms with Gasteiger partial charge in [-0.25, -0.2) is 0 Å². The van der Waals surface area contributed by atoms with Crippen molar-refractivity contribution in [2.24, 2.45) is 0 Å². The van der Waals surface area contributed by atoms with Gasteiger partial charge in [0, 0.05) is 5.56 Å². The van der Waals surface area contributed by atoms with Crippen LogP contribution in [0.5, 0.6) is 0 Å². The number of amides is 1. The Hall–Kier alpha value is -1.52. The van der Waals surface area contributed by atoms with Gasteiger partial charge in [-0.05, 0) is 36.5 Å². The molecule has 5 heteroatoms. The van der Waals surface area contributed by atoms with Gasteiger partial charge < -0.3 is 5.32 Å². The molecule has 1 aliphatic rings. The molecule has 0 unspecified atom stereocenters. The van der Waals surface area contributed by atoms with Crippen molar-refractivity contribution in [1.82, 2.24) is 5.32 Å². The molecule has 110 valence electrons. The summed E-state index contributed by atoms with van der Waals surface area (Å²) in [5.41, 5.74) is 1.45. The Morgan fingerprint density at radius 1 is 1.10 bits per heavy atom. The van der Waals surface area contributed by atoms with E-state index in [9.17, 15) is 18.0 Å². The van der Waals surface area contributed by atoms with Gasteiger partial charge in [-0.3, -0.25) is 4.79 Å². The van der Waals surface area contributed by atoms with E-state index in [-0.39, 0.29) is 5.56 Å². The van der Waals surface area contributed by atoms with E-state index in [2.05, 4.69) is 0 Å². The first-order valence-corrected chi connectivity index (χ1v) is 6.90. The van der Waals surface area contributed by atoms with Crippen LogP contribution in [-0.2, 0) is 0 Å². The molecule has 1 fully saturated rings. The molecule has 0 heterocycles. The molecule has 1 aliphatic carbocycles. The summed E-state index contributed by atoms with van der Waals surface area (Å²) in [6.07, 6.45) is 1.64. The average molecular weight is 285 g/mol. The van der Waals surface area contributed by atoms with Crippen LogP contribution in [0.1, 0.15) is 53.9 Å². The number of carbonyl (C=O) groups is 1. The van der Waals surface area contributed by atoms with Crippen LogP contribution < -0.4 is 5.32 Å². The summed E-state index contributed by atoms with van der Waals surface area (Å²) in [7, 11) is 0. The van der Waals surface area contributed by atoms with Gasteiger partial charge in [-0.1, -0.05) is 31.4 Å². The predicted molar refractivity (Wildman–Crippen MR) is 70.7 cm³/mol. The second kappa shape index (κ2) is 6.29. The SMILES string of the molecule is O=C(NCC(F)(F)F)c1ccc(C2CCCCC2)cc1. The monoisotopic (exact) mass is 285 g/mol. The molecule has 0 saturated heterocycles. The largest absolute Gasteiger partial charge is 0.405 e. The summed E-state index contributed by atoms with van der Waals surface area (Å²) in [5, 5.41) is 1.87. The average Bonchev–Trinajstić information content (AvgIpc) is 2.45. The first kappa shape index (κ1) is 14.9. The second-order valence-corrected chi connectivity index (χ2v) is 5.25. The highest BCUT2D eigenvalue weighted by molar-refractivity contribution is 5.94. The van der Waals surface area contributed by atoms with Gasteiger partial charge in [-0.15, -0.1) is 0 Å². The van der Waals surface area contributed by atoms with Crippen molar-refractivity contribution in [3.05, 3.63) is 35.4 Å². The Balaban J connectivity index is 1.95. The number of hydrogen-bond donors (Lipinski definition) is 1. The van der Waals surface area contributed by atoms with Crippen LogP contribution >= 0.6 is 0 Å². The molecule has 0 aromatic heterocycles. The summed E-state index contributed by atoms with van der Waals surface area (Å²) in [5.74, 6) is -0.159. The lowest BCUT2D eigenvalue weighted by Crippen LogP contribution is -2.33. The molecule has 0 atom stereocenters. The minimum absolute atomic E-state index is 0.272. The summed E-state index contributed by atoms with van der Waals surface area (Å²) in [4.78, 5) is 11.6. The molecule has 1 amide bonds. The van der Waals surface area contributed by atoms with Crippen molar-refractivity contribution in [3.8, 4) is 0 Å². The molecule has 1 saturated carbocycles. The van der Waals surface area contributed by atoms with Crippen molar-refractivity contribution in [1.29, 1.82) is 0 Å². The highest BCUT2D eigenvalue weighted by Crippen LogP contribution is 2.32. The van der Waals surface area contributed by atoms with Crippen molar-refractivity contribution in [2.75, 3.05) is 6.54 Å². The number of benzene rings is 1. The van der Waals surface area contributed by atoms with Crippen LogP contribution in [0, 0.1) is 0 Å². The zero-order valence-electron chi connectivity index (χ0n) is 11.2. The van der Waals surface area contributed by atoms with E-state index in [4.69, 9.17) is 0 Å². The van der Waals surface area contributed by atoms with Crippen LogP contribution in [0.3, 0.4) is 0 Å². The number of nitrogens with one attached hydrogen (secondary N) is 1. The fourth-order valence-corrected chi connectivity index (χ4v) is 2.63.